The number of alkyl halides is 3. The van der Waals surface area contributed by atoms with E-state index in [0.29, 0.717) is 35.1 Å². The van der Waals surface area contributed by atoms with Crippen molar-refractivity contribution in [1.29, 1.82) is 5.26 Å². The van der Waals surface area contributed by atoms with E-state index in [1.807, 2.05) is 36.0 Å². The fourth-order valence-corrected chi connectivity index (χ4v) is 5.35. The fourth-order valence-electron chi connectivity index (χ4n) is 5.35. The third kappa shape index (κ3) is 8.75. The monoisotopic (exact) mass is 592 g/mol. The van der Waals surface area contributed by atoms with Gasteiger partial charge in [0, 0.05) is 24.0 Å². The van der Waals surface area contributed by atoms with Crippen molar-refractivity contribution in [2.24, 2.45) is 5.92 Å². The highest BCUT2D eigenvalue weighted by Crippen LogP contribution is 2.28. The Hall–Kier alpha value is -4.02. The van der Waals surface area contributed by atoms with Gasteiger partial charge >= 0.3 is 6.18 Å². The Morgan fingerprint density at radius 1 is 1.14 bits per heavy atom. The molecule has 0 aliphatic carbocycles. The van der Waals surface area contributed by atoms with Crippen LogP contribution in [0.1, 0.15) is 50.1 Å². The number of piperidine rings is 1. The van der Waals surface area contributed by atoms with Crippen LogP contribution in [0, 0.1) is 29.1 Å². The molecule has 0 saturated carbocycles. The van der Waals surface area contributed by atoms with Crippen LogP contribution in [0.25, 0.3) is 10.9 Å². The summed E-state index contributed by atoms with van der Waals surface area (Å²) in [7, 11) is 3.79. The third-order valence-corrected chi connectivity index (χ3v) is 7.84. The first-order chi connectivity index (χ1) is 20.3. The summed E-state index contributed by atoms with van der Waals surface area (Å²) in [6, 6.07) is 13.2. The van der Waals surface area contributed by atoms with Gasteiger partial charge in [-0.2, -0.15) is 18.4 Å². The van der Waals surface area contributed by atoms with E-state index in [2.05, 4.69) is 28.2 Å². The predicted molar refractivity (Wildman–Crippen MR) is 162 cm³/mol. The van der Waals surface area contributed by atoms with Gasteiger partial charge in [0.1, 0.15) is 6.54 Å². The minimum absolute atomic E-state index is 0.166. The minimum atomic E-state index is -4.38. The number of nitrogens with one attached hydrogen (secondary N) is 1. The molecule has 43 heavy (non-hydrogen) atoms. The van der Waals surface area contributed by atoms with Gasteiger partial charge in [-0.3, -0.25) is 9.78 Å². The maximum absolute atomic E-state index is 13.5. The molecule has 228 valence electrons. The number of nitrogens with zero attached hydrogens (tertiary/aromatic N) is 5. The molecule has 1 fully saturated rings. The summed E-state index contributed by atoms with van der Waals surface area (Å²) in [5.41, 5.74) is 2.56. The number of benzene rings is 1. The molecule has 0 unspecified atom stereocenters. The quantitative estimate of drug-likeness (QED) is 0.328. The van der Waals surface area contributed by atoms with Crippen LogP contribution in [0.2, 0.25) is 0 Å². The average molecular weight is 593 g/mol. The lowest BCUT2D eigenvalue weighted by Crippen LogP contribution is -2.42. The Kier molecular flexibility index (Phi) is 10.0. The number of hydrogen-bond donors (Lipinski definition) is 1. The number of carbonyl (C=O) groups excluding carboxylic acids is 1. The highest BCUT2D eigenvalue weighted by Gasteiger charge is 2.30. The van der Waals surface area contributed by atoms with Gasteiger partial charge in [0.2, 0.25) is 5.91 Å². The molecule has 4 rings (SSSR count). The van der Waals surface area contributed by atoms with Gasteiger partial charge in [-0.05, 0) is 101 Å². The zero-order chi connectivity index (χ0) is 31.2. The molecule has 3 heterocycles. The van der Waals surface area contributed by atoms with Gasteiger partial charge in [-0.15, -0.1) is 0 Å². The average Bonchev–Trinajstić information content (AvgIpc) is 3.29. The topological polar surface area (TPSA) is 77.2 Å². The molecule has 1 aromatic carbocycles. The van der Waals surface area contributed by atoms with Crippen LogP contribution in [0.4, 0.5) is 18.9 Å². The number of rotatable bonds is 9. The van der Waals surface area contributed by atoms with E-state index in [0.717, 1.165) is 49.7 Å². The molecular weight excluding hydrogens is 553 g/mol. The summed E-state index contributed by atoms with van der Waals surface area (Å²) in [5, 5.41) is 13.1. The van der Waals surface area contributed by atoms with Crippen molar-refractivity contribution in [3.63, 3.8) is 0 Å². The highest BCUT2D eigenvalue weighted by atomic mass is 19.4. The SMILES string of the molecule is CN(C)CC(=O)N1CCC(CCc2ccc3c(c2)cc(C#CCNc2ccc(C(C)(C)C#N)nc2)n3CC(F)(F)F)CC1. The molecular formula is C33H39F3N6O. The molecule has 1 aliphatic rings. The Labute approximate surface area is 251 Å². The van der Waals surface area contributed by atoms with Gasteiger partial charge in [-0.25, -0.2) is 0 Å². The summed E-state index contributed by atoms with van der Waals surface area (Å²) in [6.45, 7) is 4.66. The third-order valence-electron chi connectivity index (χ3n) is 7.84. The number of carbonyl (C=O) groups is 1. The maximum atomic E-state index is 13.5. The molecule has 0 atom stereocenters. The molecule has 3 aromatic rings. The maximum Gasteiger partial charge on any atom is 0.406 e. The van der Waals surface area contributed by atoms with Crippen LogP contribution in [0.15, 0.2) is 42.6 Å². The number of anilines is 1. The number of halogens is 3. The first-order valence-electron chi connectivity index (χ1n) is 14.6. The Bertz CT molecular complexity index is 1510. The van der Waals surface area contributed by atoms with Crippen molar-refractivity contribution in [2.45, 2.75) is 57.7 Å². The summed E-state index contributed by atoms with van der Waals surface area (Å²) >= 11 is 0. The standard InChI is InChI=1S/C33H39F3N6O/c1-32(2,22-37)30-12-10-27(20-39-30)38-15-5-6-28-19-26-18-25(9-11-29(26)42(28)23-33(34,35)36)8-7-24-13-16-41(17-14-24)31(43)21-40(3)4/h9-12,18-20,24,38H,7-8,13-17,21,23H2,1-4H3. The largest absolute Gasteiger partial charge is 0.406 e. The summed E-state index contributed by atoms with van der Waals surface area (Å²) in [5.74, 6) is 6.54. The van der Waals surface area contributed by atoms with E-state index in [1.165, 1.54) is 4.57 Å². The minimum Gasteiger partial charge on any atom is -0.373 e. The first-order valence-corrected chi connectivity index (χ1v) is 14.6. The van der Waals surface area contributed by atoms with Crippen LogP contribution >= 0.6 is 0 Å². The lowest BCUT2D eigenvalue weighted by molar-refractivity contribution is -0.140. The van der Waals surface area contributed by atoms with E-state index in [1.54, 1.807) is 44.3 Å². The van der Waals surface area contributed by atoms with Gasteiger partial charge in [0.05, 0.1) is 47.8 Å². The zero-order valence-corrected chi connectivity index (χ0v) is 25.3. The molecule has 0 radical (unpaired) electrons. The van der Waals surface area contributed by atoms with Crippen LogP contribution in [-0.4, -0.2) is 71.7 Å². The van der Waals surface area contributed by atoms with Gasteiger partial charge < -0.3 is 19.7 Å². The zero-order valence-electron chi connectivity index (χ0n) is 25.3. The fraction of sp³-hybridized carbons (Fsp3) is 0.485. The van der Waals surface area contributed by atoms with Crippen molar-refractivity contribution in [2.75, 3.05) is 45.6 Å². The summed E-state index contributed by atoms with van der Waals surface area (Å²) in [6.07, 6.45) is 0.982. The Balaban J connectivity index is 1.40. The lowest BCUT2D eigenvalue weighted by Gasteiger charge is -2.32. The summed E-state index contributed by atoms with van der Waals surface area (Å²) < 4.78 is 41.7. The second-order valence-corrected chi connectivity index (χ2v) is 12.0. The first kappa shape index (κ1) is 31.9. The van der Waals surface area contributed by atoms with Crippen molar-refractivity contribution in [1.82, 2.24) is 19.4 Å². The lowest BCUT2D eigenvalue weighted by atomic mass is 9.90. The normalized spacial score (nSPS) is 14.4. The van der Waals surface area contributed by atoms with E-state index in [-0.39, 0.29) is 12.5 Å². The molecule has 10 heteroatoms. The number of hydrogen-bond acceptors (Lipinski definition) is 5. The number of aryl methyl sites for hydroxylation is 1. The smallest absolute Gasteiger partial charge is 0.373 e. The number of likely N-dealkylation sites (N-methyl/N-ethyl adjacent to an activating group) is 1. The Morgan fingerprint density at radius 3 is 2.51 bits per heavy atom. The van der Waals surface area contributed by atoms with E-state index < -0.39 is 18.1 Å². The van der Waals surface area contributed by atoms with E-state index >= 15 is 0 Å². The van der Waals surface area contributed by atoms with Crippen LogP contribution in [0.3, 0.4) is 0 Å². The second kappa shape index (κ2) is 13.5. The number of aromatic nitrogens is 2. The molecule has 1 amide bonds. The van der Waals surface area contributed by atoms with Crippen molar-refractivity contribution in [3.8, 4) is 17.9 Å². The Morgan fingerprint density at radius 2 is 1.88 bits per heavy atom. The van der Waals surface area contributed by atoms with Crippen molar-refractivity contribution >= 4 is 22.5 Å². The van der Waals surface area contributed by atoms with Crippen LogP contribution < -0.4 is 5.32 Å². The number of nitriles is 1. The van der Waals surface area contributed by atoms with Crippen molar-refractivity contribution < 1.29 is 18.0 Å². The van der Waals surface area contributed by atoms with Gasteiger partial charge in [0.15, 0.2) is 0 Å². The second-order valence-electron chi connectivity index (χ2n) is 12.0. The molecule has 1 N–H and O–H groups in total. The summed E-state index contributed by atoms with van der Waals surface area (Å²) in [4.78, 5) is 20.5. The predicted octanol–water partition coefficient (Wildman–Crippen LogP) is 5.60. The molecule has 1 aliphatic heterocycles. The molecule has 0 spiro atoms. The molecule has 0 bridgehead atoms. The van der Waals surface area contributed by atoms with E-state index in [9.17, 15) is 23.2 Å². The van der Waals surface area contributed by atoms with Crippen molar-refractivity contribution in [3.05, 3.63) is 59.5 Å². The van der Waals surface area contributed by atoms with E-state index in [4.69, 9.17) is 0 Å². The number of pyridine rings is 1. The molecule has 1 saturated heterocycles. The van der Waals surface area contributed by atoms with Gasteiger partial charge in [-0.1, -0.05) is 12.0 Å². The molecule has 2 aromatic heterocycles. The highest BCUT2D eigenvalue weighted by molar-refractivity contribution is 5.83. The number of likely N-dealkylation sites (tertiary alicyclic amines) is 1. The van der Waals surface area contributed by atoms with Gasteiger partial charge in [0.25, 0.3) is 0 Å². The number of amides is 1. The molecule has 7 nitrogen and oxygen atoms in total. The van der Waals surface area contributed by atoms with Crippen LogP contribution in [0.5, 0.6) is 0 Å². The van der Waals surface area contributed by atoms with Crippen LogP contribution in [-0.2, 0) is 23.2 Å². The number of fused-ring (bicyclic) bond motifs is 1.